The second-order valence-corrected chi connectivity index (χ2v) is 6.81. The SMILES string of the molecule is Cc1cccc(NC(=O)/C(C#N)=C2/SCC(=O)N2c2ccccc2)c1C. The highest BCUT2D eigenvalue weighted by molar-refractivity contribution is 8.04. The Labute approximate surface area is 156 Å². The van der Waals surface area contributed by atoms with Gasteiger partial charge in [-0.05, 0) is 43.2 Å². The van der Waals surface area contributed by atoms with Crippen LogP contribution in [0.5, 0.6) is 0 Å². The van der Waals surface area contributed by atoms with Crippen LogP contribution in [0.25, 0.3) is 0 Å². The smallest absolute Gasteiger partial charge is 0.269 e. The van der Waals surface area contributed by atoms with E-state index in [1.54, 1.807) is 18.2 Å². The molecule has 130 valence electrons. The van der Waals surface area contributed by atoms with Gasteiger partial charge in [-0.15, -0.1) is 0 Å². The van der Waals surface area contributed by atoms with Crippen molar-refractivity contribution >= 4 is 35.0 Å². The van der Waals surface area contributed by atoms with Gasteiger partial charge in [0.25, 0.3) is 5.91 Å². The summed E-state index contributed by atoms with van der Waals surface area (Å²) in [5.74, 6) is -0.464. The maximum atomic E-state index is 12.7. The van der Waals surface area contributed by atoms with Crippen molar-refractivity contribution in [3.8, 4) is 6.07 Å². The predicted molar refractivity (Wildman–Crippen MR) is 104 cm³/mol. The highest BCUT2D eigenvalue weighted by Gasteiger charge is 2.33. The molecule has 0 bridgehead atoms. The van der Waals surface area contributed by atoms with Gasteiger partial charge in [0.05, 0.1) is 5.75 Å². The number of benzene rings is 2. The molecule has 2 aromatic carbocycles. The molecule has 6 heteroatoms. The number of carbonyl (C=O) groups excluding carboxylic acids is 2. The van der Waals surface area contributed by atoms with Crippen molar-refractivity contribution in [1.29, 1.82) is 5.26 Å². The minimum Gasteiger partial charge on any atom is -0.321 e. The number of para-hydroxylation sites is 1. The van der Waals surface area contributed by atoms with Crippen LogP contribution in [0.2, 0.25) is 0 Å². The molecular weight excluding hydrogens is 346 g/mol. The first-order chi connectivity index (χ1) is 12.5. The first kappa shape index (κ1) is 17.8. The summed E-state index contributed by atoms with van der Waals surface area (Å²) in [4.78, 5) is 26.5. The minimum absolute atomic E-state index is 0.0643. The Kier molecular flexibility index (Phi) is 5.10. The molecule has 1 aliphatic rings. The Balaban J connectivity index is 1.98. The number of nitriles is 1. The maximum Gasteiger partial charge on any atom is 0.269 e. The van der Waals surface area contributed by atoms with E-state index in [0.717, 1.165) is 11.1 Å². The quantitative estimate of drug-likeness (QED) is 0.666. The van der Waals surface area contributed by atoms with Crippen LogP contribution in [-0.2, 0) is 9.59 Å². The van der Waals surface area contributed by atoms with Gasteiger partial charge in [-0.3, -0.25) is 14.5 Å². The first-order valence-electron chi connectivity index (χ1n) is 8.05. The van der Waals surface area contributed by atoms with E-state index in [9.17, 15) is 14.9 Å². The van der Waals surface area contributed by atoms with Gasteiger partial charge in [0.15, 0.2) is 0 Å². The molecule has 2 aromatic rings. The molecule has 0 aromatic heterocycles. The fraction of sp³-hybridized carbons (Fsp3) is 0.150. The van der Waals surface area contributed by atoms with Gasteiger partial charge in [-0.1, -0.05) is 42.1 Å². The number of nitrogens with one attached hydrogen (secondary N) is 1. The van der Waals surface area contributed by atoms with Crippen LogP contribution in [0.15, 0.2) is 59.1 Å². The third kappa shape index (κ3) is 3.35. The average molecular weight is 363 g/mol. The van der Waals surface area contributed by atoms with Crippen LogP contribution >= 0.6 is 11.8 Å². The summed E-state index contributed by atoms with van der Waals surface area (Å²) in [6.07, 6.45) is 0. The molecule has 0 aliphatic carbocycles. The molecule has 1 saturated heterocycles. The Morgan fingerprint density at radius 1 is 1.15 bits per heavy atom. The molecule has 0 spiro atoms. The topological polar surface area (TPSA) is 73.2 Å². The molecule has 3 rings (SSSR count). The van der Waals surface area contributed by atoms with Gasteiger partial charge in [0, 0.05) is 11.4 Å². The van der Waals surface area contributed by atoms with Crippen LogP contribution in [0.1, 0.15) is 11.1 Å². The van der Waals surface area contributed by atoms with Gasteiger partial charge in [0.2, 0.25) is 5.91 Å². The second kappa shape index (κ2) is 7.46. The molecule has 1 fully saturated rings. The molecule has 1 heterocycles. The molecule has 0 unspecified atom stereocenters. The van der Waals surface area contributed by atoms with Crippen LogP contribution in [0, 0.1) is 25.2 Å². The third-order valence-electron chi connectivity index (χ3n) is 4.20. The van der Waals surface area contributed by atoms with E-state index in [4.69, 9.17) is 0 Å². The van der Waals surface area contributed by atoms with Crippen LogP contribution in [-0.4, -0.2) is 17.6 Å². The summed E-state index contributed by atoms with van der Waals surface area (Å²) in [7, 11) is 0. The predicted octanol–water partition coefficient (Wildman–Crippen LogP) is 3.76. The normalized spacial score (nSPS) is 15.6. The van der Waals surface area contributed by atoms with E-state index >= 15 is 0 Å². The first-order valence-corrected chi connectivity index (χ1v) is 9.04. The van der Waals surface area contributed by atoms with Gasteiger partial charge in [0.1, 0.15) is 16.7 Å². The van der Waals surface area contributed by atoms with Crippen molar-refractivity contribution in [3.05, 3.63) is 70.3 Å². The van der Waals surface area contributed by atoms with E-state index in [0.29, 0.717) is 16.4 Å². The molecule has 26 heavy (non-hydrogen) atoms. The molecule has 0 saturated carbocycles. The number of anilines is 2. The summed E-state index contributed by atoms with van der Waals surface area (Å²) in [5.41, 5.74) is 3.22. The summed E-state index contributed by atoms with van der Waals surface area (Å²) in [6, 6.07) is 16.6. The summed E-state index contributed by atoms with van der Waals surface area (Å²) < 4.78 is 0. The highest BCUT2D eigenvalue weighted by atomic mass is 32.2. The van der Waals surface area contributed by atoms with Gasteiger partial charge in [-0.2, -0.15) is 5.26 Å². The Morgan fingerprint density at radius 3 is 2.58 bits per heavy atom. The minimum atomic E-state index is -0.515. The molecule has 1 aliphatic heterocycles. The second-order valence-electron chi connectivity index (χ2n) is 5.85. The largest absolute Gasteiger partial charge is 0.321 e. The van der Waals surface area contributed by atoms with Gasteiger partial charge >= 0.3 is 0 Å². The number of nitrogens with zero attached hydrogens (tertiary/aromatic N) is 2. The lowest BCUT2D eigenvalue weighted by Crippen LogP contribution is -2.27. The molecular formula is C20H17N3O2S. The lowest BCUT2D eigenvalue weighted by Gasteiger charge is -2.18. The standard InChI is InChI=1S/C20H17N3O2S/c1-13-7-6-10-17(14(13)2)22-19(25)16(11-21)20-23(18(24)12-26-20)15-8-4-3-5-9-15/h3-10H,12H2,1-2H3,(H,22,25)/b20-16+. The zero-order valence-corrected chi connectivity index (χ0v) is 15.3. The lowest BCUT2D eigenvalue weighted by molar-refractivity contribution is -0.115. The fourth-order valence-corrected chi connectivity index (χ4v) is 3.67. The van der Waals surface area contributed by atoms with Crippen molar-refractivity contribution < 1.29 is 9.59 Å². The van der Waals surface area contributed by atoms with Gasteiger partial charge < -0.3 is 5.32 Å². The highest BCUT2D eigenvalue weighted by Crippen LogP contribution is 2.36. The van der Waals surface area contributed by atoms with Crippen molar-refractivity contribution in [2.24, 2.45) is 0 Å². The van der Waals surface area contributed by atoms with Crippen molar-refractivity contribution in [2.45, 2.75) is 13.8 Å². The zero-order chi connectivity index (χ0) is 18.7. The van der Waals surface area contributed by atoms with Crippen molar-refractivity contribution in [1.82, 2.24) is 0 Å². The summed E-state index contributed by atoms with van der Waals surface area (Å²) in [6.45, 7) is 3.87. The molecule has 0 atom stereocenters. The number of hydrogen-bond donors (Lipinski definition) is 1. The van der Waals surface area contributed by atoms with E-state index in [-0.39, 0.29) is 17.2 Å². The van der Waals surface area contributed by atoms with E-state index in [1.165, 1.54) is 16.7 Å². The molecule has 5 nitrogen and oxygen atoms in total. The van der Waals surface area contributed by atoms with E-state index in [2.05, 4.69) is 5.32 Å². The number of thioether (sulfide) groups is 1. The summed E-state index contributed by atoms with van der Waals surface area (Å²) in [5, 5.41) is 12.8. The Morgan fingerprint density at radius 2 is 1.88 bits per heavy atom. The van der Waals surface area contributed by atoms with Crippen molar-refractivity contribution in [3.63, 3.8) is 0 Å². The van der Waals surface area contributed by atoms with Crippen LogP contribution in [0.4, 0.5) is 11.4 Å². The zero-order valence-electron chi connectivity index (χ0n) is 14.4. The number of rotatable bonds is 3. The van der Waals surface area contributed by atoms with Gasteiger partial charge in [-0.25, -0.2) is 0 Å². The fourth-order valence-electron chi connectivity index (χ4n) is 2.66. The summed E-state index contributed by atoms with van der Waals surface area (Å²) >= 11 is 1.21. The number of aryl methyl sites for hydroxylation is 1. The number of amides is 2. The van der Waals surface area contributed by atoms with Crippen LogP contribution in [0.3, 0.4) is 0 Å². The van der Waals surface area contributed by atoms with E-state index < -0.39 is 5.91 Å². The van der Waals surface area contributed by atoms with Crippen molar-refractivity contribution in [2.75, 3.05) is 16.0 Å². The molecule has 1 N–H and O–H groups in total. The van der Waals surface area contributed by atoms with E-state index in [1.807, 2.05) is 50.2 Å². The van der Waals surface area contributed by atoms with Crippen LogP contribution < -0.4 is 10.2 Å². The average Bonchev–Trinajstić information content (AvgIpc) is 3.01. The molecule has 2 amide bonds. The number of hydrogen-bond acceptors (Lipinski definition) is 4. The Bertz CT molecular complexity index is 945. The maximum absolute atomic E-state index is 12.7. The lowest BCUT2D eigenvalue weighted by atomic mass is 10.1. The monoisotopic (exact) mass is 363 g/mol. The molecule has 0 radical (unpaired) electrons. The Hall–Kier alpha value is -3.04. The number of carbonyl (C=O) groups is 2. The third-order valence-corrected chi connectivity index (χ3v) is 5.26.